The van der Waals surface area contributed by atoms with Crippen molar-refractivity contribution < 1.29 is 8.83 Å². The Kier molecular flexibility index (Phi) is 4.62. The normalized spacial score (nSPS) is 10.8. The summed E-state index contributed by atoms with van der Waals surface area (Å²) in [5, 5.41) is 26.7. The van der Waals surface area contributed by atoms with Crippen molar-refractivity contribution in [1.29, 1.82) is 5.26 Å². The van der Waals surface area contributed by atoms with Gasteiger partial charge in [-0.05, 0) is 43.2 Å². The van der Waals surface area contributed by atoms with E-state index in [0.717, 1.165) is 41.4 Å². The van der Waals surface area contributed by atoms with E-state index in [-0.39, 0.29) is 0 Å². The van der Waals surface area contributed by atoms with Crippen LogP contribution in [0.15, 0.2) is 31.4 Å². The molecule has 0 unspecified atom stereocenters. The van der Waals surface area contributed by atoms with Gasteiger partial charge in [0, 0.05) is 0 Å². The van der Waals surface area contributed by atoms with Gasteiger partial charge in [0.05, 0.1) is 23.1 Å². The van der Waals surface area contributed by atoms with Crippen LogP contribution in [-0.4, -0.2) is 20.4 Å². The highest BCUT2D eigenvalue weighted by atomic mass is 32.2. The highest BCUT2D eigenvalue weighted by molar-refractivity contribution is 7.99. The van der Waals surface area contributed by atoms with E-state index in [9.17, 15) is 5.26 Å². The summed E-state index contributed by atoms with van der Waals surface area (Å²) in [7, 11) is 0. The highest BCUT2D eigenvalue weighted by Gasteiger charge is 2.19. The molecule has 7 nitrogen and oxygen atoms in total. The standard InChI is InChI=1S/C16H15N5O2S/c1-4-10-12(8-17)15(20-18-13(10)5-2)24-16-21-19-14(23-16)11-6-7-22-9(11)3/h6-7H,4-5H2,1-3H3. The third kappa shape index (κ3) is 2.90. The highest BCUT2D eigenvalue weighted by Crippen LogP contribution is 2.32. The molecule has 0 fully saturated rings. The zero-order valence-corrected chi connectivity index (χ0v) is 14.3. The van der Waals surface area contributed by atoms with E-state index in [1.807, 2.05) is 20.8 Å². The lowest BCUT2D eigenvalue weighted by Crippen LogP contribution is -2.04. The van der Waals surface area contributed by atoms with Gasteiger partial charge in [0.25, 0.3) is 11.1 Å². The van der Waals surface area contributed by atoms with Gasteiger partial charge in [0.2, 0.25) is 0 Å². The molecular formula is C16H15N5O2S. The number of furan rings is 1. The maximum Gasteiger partial charge on any atom is 0.283 e. The summed E-state index contributed by atoms with van der Waals surface area (Å²) >= 11 is 1.14. The van der Waals surface area contributed by atoms with Crippen LogP contribution in [0.3, 0.4) is 0 Å². The minimum absolute atomic E-state index is 0.308. The lowest BCUT2D eigenvalue weighted by atomic mass is 10.1. The first-order valence-electron chi connectivity index (χ1n) is 7.52. The third-order valence-electron chi connectivity index (χ3n) is 3.61. The monoisotopic (exact) mass is 341 g/mol. The minimum Gasteiger partial charge on any atom is -0.469 e. The minimum atomic E-state index is 0.308. The summed E-state index contributed by atoms with van der Waals surface area (Å²) in [6.07, 6.45) is 3.02. The van der Waals surface area contributed by atoms with Crippen LogP contribution in [0.25, 0.3) is 11.5 Å². The van der Waals surface area contributed by atoms with Crippen molar-refractivity contribution in [3.63, 3.8) is 0 Å². The second kappa shape index (κ2) is 6.84. The van der Waals surface area contributed by atoms with Crippen LogP contribution in [0.2, 0.25) is 0 Å². The average Bonchev–Trinajstić information content (AvgIpc) is 3.22. The van der Waals surface area contributed by atoms with E-state index in [2.05, 4.69) is 26.5 Å². The van der Waals surface area contributed by atoms with Crippen molar-refractivity contribution in [2.45, 2.75) is 43.9 Å². The first kappa shape index (κ1) is 16.2. The third-order valence-corrected chi connectivity index (χ3v) is 4.42. The van der Waals surface area contributed by atoms with E-state index in [4.69, 9.17) is 8.83 Å². The molecular weight excluding hydrogens is 326 g/mol. The van der Waals surface area contributed by atoms with Crippen molar-refractivity contribution in [1.82, 2.24) is 20.4 Å². The number of aryl methyl sites for hydroxylation is 2. The molecule has 0 atom stereocenters. The van der Waals surface area contributed by atoms with Gasteiger partial charge in [-0.1, -0.05) is 13.8 Å². The largest absolute Gasteiger partial charge is 0.469 e. The van der Waals surface area contributed by atoms with Gasteiger partial charge in [-0.15, -0.1) is 15.3 Å². The Balaban J connectivity index is 1.94. The van der Waals surface area contributed by atoms with Gasteiger partial charge in [-0.3, -0.25) is 0 Å². The second-order valence-corrected chi connectivity index (χ2v) is 5.93. The molecule has 3 aromatic rings. The van der Waals surface area contributed by atoms with E-state index in [0.29, 0.717) is 27.5 Å². The van der Waals surface area contributed by atoms with Gasteiger partial charge in [-0.2, -0.15) is 10.4 Å². The smallest absolute Gasteiger partial charge is 0.283 e. The Morgan fingerprint density at radius 3 is 2.62 bits per heavy atom. The number of aromatic nitrogens is 4. The molecule has 3 rings (SSSR count). The molecule has 0 spiro atoms. The van der Waals surface area contributed by atoms with E-state index >= 15 is 0 Å². The molecule has 0 saturated carbocycles. The molecule has 0 N–H and O–H groups in total. The molecule has 0 aliphatic carbocycles. The van der Waals surface area contributed by atoms with E-state index in [1.165, 1.54) is 0 Å². The zero-order chi connectivity index (χ0) is 17.1. The molecule has 0 saturated heterocycles. The van der Waals surface area contributed by atoms with Gasteiger partial charge in [0.1, 0.15) is 16.9 Å². The molecule has 0 amide bonds. The van der Waals surface area contributed by atoms with Crippen LogP contribution >= 0.6 is 11.8 Å². The molecule has 8 heteroatoms. The van der Waals surface area contributed by atoms with Crippen molar-refractivity contribution >= 4 is 11.8 Å². The van der Waals surface area contributed by atoms with Crippen LogP contribution < -0.4 is 0 Å². The summed E-state index contributed by atoms with van der Waals surface area (Å²) in [4.78, 5) is 0. The van der Waals surface area contributed by atoms with Gasteiger partial charge in [0.15, 0.2) is 0 Å². The van der Waals surface area contributed by atoms with Crippen LogP contribution in [0.5, 0.6) is 0 Å². The van der Waals surface area contributed by atoms with Gasteiger partial charge in [-0.25, -0.2) is 0 Å². The average molecular weight is 341 g/mol. The van der Waals surface area contributed by atoms with Crippen LogP contribution in [0.1, 0.15) is 36.4 Å². The van der Waals surface area contributed by atoms with Crippen molar-refractivity contribution in [2.75, 3.05) is 0 Å². The lowest BCUT2D eigenvalue weighted by Gasteiger charge is -2.08. The van der Waals surface area contributed by atoms with Crippen molar-refractivity contribution in [3.05, 3.63) is 34.9 Å². The summed E-state index contributed by atoms with van der Waals surface area (Å²) in [6.45, 7) is 5.81. The number of hydrogen-bond donors (Lipinski definition) is 0. The number of nitrogens with zero attached hydrogens (tertiary/aromatic N) is 5. The van der Waals surface area contributed by atoms with Gasteiger partial charge < -0.3 is 8.83 Å². The summed E-state index contributed by atoms with van der Waals surface area (Å²) in [5.74, 6) is 1.07. The summed E-state index contributed by atoms with van der Waals surface area (Å²) < 4.78 is 10.9. The van der Waals surface area contributed by atoms with Gasteiger partial charge >= 0.3 is 0 Å². The zero-order valence-electron chi connectivity index (χ0n) is 13.5. The molecule has 122 valence electrons. The maximum absolute atomic E-state index is 9.51. The summed E-state index contributed by atoms with van der Waals surface area (Å²) in [6, 6.07) is 3.99. The predicted molar refractivity (Wildman–Crippen MR) is 86.4 cm³/mol. The summed E-state index contributed by atoms with van der Waals surface area (Å²) in [5.41, 5.74) is 3.03. The molecule has 0 aliphatic rings. The Morgan fingerprint density at radius 1 is 1.17 bits per heavy atom. The van der Waals surface area contributed by atoms with Crippen molar-refractivity contribution in [2.24, 2.45) is 0 Å². The Hall–Kier alpha value is -2.66. The Morgan fingerprint density at radius 2 is 2.00 bits per heavy atom. The fraction of sp³-hybridized carbons (Fsp3) is 0.312. The molecule has 24 heavy (non-hydrogen) atoms. The maximum atomic E-state index is 9.51. The Labute approximate surface area is 143 Å². The van der Waals surface area contributed by atoms with E-state index in [1.54, 1.807) is 12.3 Å². The lowest BCUT2D eigenvalue weighted by molar-refractivity contribution is 0.463. The quantitative estimate of drug-likeness (QED) is 0.694. The molecule has 0 aromatic carbocycles. The van der Waals surface area contributed by atoms with E-state index < -0.39 is 0 Å². The predicted octanol–water partition coefficient (Wildman–Crippen LogP) is 3.58. The fourth-order valence-corrected chi connectivity index (χ4v) is 3.11. The first-order valence-corrected chi connectivity index (χ1v) is 8.33. The molecule has 3 heterocycles. The topological polar surface area (TPSA) is 102 Å². The van der Waals surface area contributed by atoms with Crippen LogP contribution in [-0.2, 0) is 12.8 Å². The van der Waals surface area contributed by atoms with Crippen LogP contribution in [0.4, 0.5) is 0 Å². The molecule has 0 aliphatic heterocycles. The fourth-order valence-electron chi connectivity index (χ4n) is 2.39. The Bertz CT molecular complexity index is 910. The van der Waals surface area contributed by atoms with Crippen LogP contribution in [0, 0.1) is 18.3 Å². The number of nitriles is 1. The SMILES string of the molecule is CCc1nnc(Sc2nnc(-c3ccoc3C)o2)c(C#N)c1CC. The molecule has 0 radical (unpaired) electrons. The number of hydrogen-bond acceptors (Lipinski definition) is 8. The molecule has 0 bridgehead atoms. The molecule has 3 aromatic heterocycles. The second-order valence-electron chi connectivity index (χ2n) is 4.99. The number of rotatable bonds is 5. The first-order chi connectivity index (χ1) is 11.7. The van der Waals surface area contributed by atoms with Crippen molar-refractivity contribution in [3.8, 4) is 17.5 Å².